The Bertz CT molecular complexity index is 808. The second kappa shape index (κ2) is 7.12. The third-order valence-corrected chi connectivity index (χ3v) is 7.01. The van der Waals surface area contributed by atoms with Crippen molar-refractivity contribution in [1.29, 1.82) is 0 Å². The van der Waals surface area contributed by atoms with Crippen molar-refractivity contribution in [1.82, 2.24) is 9.62 Å². The van der Waals surface area contributed by atoms with E-state index in [1.807, 2.05) is 0 Å². The summed E-state index contributed by atoms with van der Waals surface area (Å²) in [7, 11) is -3.63. The summed E-state index contributed by atoms with van der Waals surface area (Å²) >= 11 is 0. The molecule has 0 spiro atoms. The van der Waals surface area contributed by atoms with Gasteiger partial charge in [0.2, 0.25) is 21.8 Å². The van der Waals surface area contributed by atoms with Crippen LogP contribution in [0.15, 0.2) is 23.1 Å². The van der Waals surface area contributed by atoms with Gasteiger partial charge in [0.05, 0.1) is 23.3 Å². The molecule has 7 heteroatoms. The maximum Gasteiger partial charge on any atom is 0.241 e. The summed E-state index contributed by atoms with van der Waals surface area (Å²) in [5, 5.41) is 0. The average Bonchev–Trinajstić information content (AvgIpc) is 2.80. The van der Waals surface area contributed by atoms with Gasteiger partial charge in [-0.05, 0) is 50.8 Å². The van der Waals surface area contributed by atoms with Crippen molar-refractivity contribution in [3.8, 4) is 0 Å². The molecule has 142 valence electrons. The lowest BCUT2D eigenvalue weighted by molar-refractivity contribution is -0.140. The molecule has 1 N–H and O–H groups in total. The summed E-state index contributed by atoms with van der Waals surface area (Å²) < 4.78 is 27.6. The van der Waals surface area contributed by atoms with E-state index in [1.165, 1.54) is 4.90 Å². The molecule has 1 aliphatic carbocycles. The fourth-order valence-corrected chi connectivity index (χ4v) is 5.52. The van der Waals surface area contributed by atoms with Crippen LogP contribution in [0.5, 0.6) is 0 Å². The molecule has 1 saturated carbocycles. The van der Waals surface area contributed by atoms with E-state index >= 15 is 0 Å². The molecule has 1 heterocycles. The minimum atomic E-state index is -3.63. The first-order chi connectivity index (χ1) is 12.2. The molecule has 1 aromatic rings. The van der Waals surface area contributed by atoms with Gasteiger partial charge in [0, 0.05) is 6.04 Å². The summed E-state index contributed by atoms with van der Waals surface area (Å²) in [4.78, 5) is 26.8. The van der Waals surface area contributed by atoms with Gasteiger partial charge in [0.1, 0.15) is 0 Å². The fraction of sp³-hybridized carbons (Fsp3) is 0.579. The number of carbonyl (C=O) groups excluding carboxylic acids is 2. The van der Waals surface area contributed by atoms with Gasteiger partial charge in [-0.2, -0.15) is 0 Å². The zero-order chi connectivity index (χ0) is 19.1. The van der Waals surface area contributed by atoms with Gasteiger partial charge in [-0.1, -0.05) is 25.0 Å². The number of nitrogens with zero attached hydrogens (tertiary/aromatic N) is 1. The van der Waals surface area contributed by atoms with Crippen LogP contribution in [0.1, 0.15) is 50.7 Å². The zero-order valence-electron chi connectivity index (χ0n) is 15.5. The molecular weight excluding hydrogens is 352 g/mol. The molecule has 0 unspecified atom stereocenters. The Labute approximate surface area is 155 Å². The molecule has 2 atom stereocenters. The van der Waals surface area contributed by atoms with Gasteiger partial charge < -0.3 is 0 Å². The number of rotatable bonds is 5. The standard InChI is InChI=1S/C19H26N2O4S/c1-12(2)20-26(24,25)17-10-14(9-8-13(17)3)11-21-18(22)15-6-4-5-7-16(15)19(21)23/h8-10,12,15-16,20H,4-7,11H2,1-3H3/t15-,16-/m1/s1. The van der Waals surface area contributed by atoms with Crippen molar-refractivity contribution in [3.05, 3.63) is 29.3 Å². The number of sulfonamides is 1. The van der Waals surface area contributed by atoms with Gasteiger partial charge in [0.15, 0.2) is 0 Å². The van der Waals surface area contributed by atoms with Gasteiger partial charge >= 0.3 is 0 Å². The van der Waals surface area contributed by atoms with Gasteiger partial charge in [-0.15, -0.1) is 0 Å². The monoisotopic (exact) mass is 378 g/mol. The molecular formula is C19H26N2O4S. The number of benzene rings is 1. The maximum absolute atomic E-state index is 12.6. The molecule has 0 radical (unpaired) electrons. The molecule has 1 aliphatic heterocycles. The Kier molecular flexibility index (Phi) is 5.21. The number of aryl methyl sites for hydroxylation is 1. The molecule has 2 fully saturated rings. The number of likely N-dealkylation sites (tertiary alicyclic amines) is 1. The first-order valence-corrected chi connectivity index (χ1v) is 10.7. The van der Waals surface area contributed by atoms with Crippen LogP contribution in [0.4, 0.5) is 0 Å². The van der Waals surface area contributed by atoms with Crippen LogP contribution in [0.3, 0.4) is 0 Å². The molecule has 2 amide bonds. The van der Waals surface area contributed by atoms with E-state index < -0.39 is 10.0 Å². The van der Waals surface area contributed by atoms with Crippen LogP contribution in [-0.4, -0.2) is 31.2 Å². The smallest absolute Gasteiger partial charge is 0.241 e. The molecule has 26 heavy (non-hydrogen) atoms. The van der Waals surface area contributed by atoms with E-state index in [9.17, 15) is 18.0 Å². The Hall–Kier alpha value is -1.73. The van der Waals surface area contributed by atoms with Crippen LogP contribution in [0.25, 0.3) is 0 Å². The number of imide groups is 1. The predicted octanol–water partition coefficient (Wildman–Crippen LogP) is 2.36. The van der Waals surface area contributed by atoms with E-state index in [-0.39, 0.29) is 41.1 Å². The summed E-state index contributed by atoms with van der Waals surface area (Å²) in [5.74, 6) is -0.588. The molecule has 2 aliphatic rings. The lowest BCUT2D eigenvalue weighted by Gasteiger charge is -2.19. The van der Waals surface area contributed by atoms with Crippen molar-refractivity contribution in [2.24, 2.45) is 11.8 Å². The summed E-state index contributed by atoms with van der Waals surface area (Å²) in [6.07, 6.45) is 3.53. The Morgan fingerprint density at radius 2 is 1.69 bits per heavy atom. The number of nitrogens with one attached hydrogen (secondary N) is 1. The van der Waals surface area contributed by atoms with E-state index in [1.54, 1.807) is 39.0 Å². The largest absolute Gasteiger partial charge is 0.278 e. The van der Waals surface area contributed by atoms with Crippen LogP contribution in [-0.2, 0) is 26.2 Å². The number of fused-ring (bicyclic) bond motifs is 1. The van der Waals surface area contributed by atoms with Crippen LogP contribution in [0.2, 0.25) is 0 Å². The first kappa shape index (κ1) is 19.0. The molecule has 0 bridgehead atoms. The van der Waals surface area contributed by atoms with E-state index in [0.29, 0.717) is 11.1 Å². The third kappa shape index (κ3) is 3.55. The van der Waals surface area contributed by atoms with Crippen molar-refractivity contribution in [2.75, 3.05) is 0 Å². The lowest BCUT2D eigenvalue weighted by Crippen LogP contribution is -2.32. The highest BCUT2D eigenvalue weighted by atomic mass is 32.2. The normalized spacial score (nSPS) is 23.6. The van der Waals surface area contributed by atoms with E-state index in [0.717, 1.165) is 25.7 Å². The fourth-order valence-electron chi connectivity index (χ4n) is 3.98. The predicted molar refractivity (Wildman–Crippen MR) is 97.6 cm³/mol. The second-order valence-electron chi connectivity index (χ2n) is 7.64. The third-order valence-electron chi connectivity index (χ3n) is 5.21. The van der Waals surface area contributed by atoms with Crippen LogP contribution in [0, 0.1) is 18.8 Å². The van der Waals surface area contributed by atoms with Crippen molar-refractivity contribution < 1.29 is 18.0 Å². The zero-order valence-corrected chi connectivity index (χ0v) is 16.3. The number of hydrogen-bond donors (Lipinski definition) is 1. The highest BCUT2D eigenvalue weighted by Gasteiger charge is 2.47. The number of amides is 2. The lowest BCUT2D eigenvalue weighted by atomic mass is 9.81. The van der Waals surface area contributed by atoms with Crippen LogP contribution >= 0.6 is 0 Å². The highest BCUT2D eigenvalue weighted by Crippen LogP contribution is 2.38. The molecule has 1 aromatic carbocycles. The molecule has 6 nitrogen and oxygen atoms in total. The quantitative estimate of drug-likeness (QED) is 0.797. The van der Waals surface area contributed by atoms with E-state index in [2.05, 4.69) is 4.72 Å². The first-order valence-electron chi connectivity index (χ1n) is 9.18. The van der Waals surface area contributed by atoms with Gasteiger partial charge in [-0.3, -0.25) is 14.5 Å². The summed E-state index contributed by atoms with van der Waals surface area (Å²) in [6, 6.07) is 4.87. The van der Waals surface area contributed by atoms with Gasteiger partial charge in [0.25, 0.3) is 0 Å². The Morgan fingerprint density at radius 1 is 1.12 bits per heavy atom. The highest BCUT2D eigenvalue weighted by molar-refractivity contribution is 7.89. The summed E-state index contributed by atoms with van der Waals surface area (Å²) in [5.41, 5.74) is 1.29. The SMILES string of the molecule is Cc1ccc(CN2C(=O)[C@@H]3CCCC[C@H]3C2=O)cc1S(=O)(=O)NC(C)C. The number of carbonyl (C=O) groups is 2. The van der Waals surface area contributed by atoms with Gasteiger partial charge in [-0.25, -0.2) is 13.1 Å². The second-order valence-corrected chi connectivity index (χ2v) is 9.32. The van der Waals surface area contributed by atoms with E-state index in [4.69, 9.17) is 0 Å². The maximum atomic E-state index is 12.6. The topological polar surface area (TPSA) is 83.6 Å². The van der Waals surface area contributed by atoms with Crippen LogP contribution < -0.4 is 4.72 Å². The summed E-state index contributed by atoms with van der Waals surface area (Å²) in [6.45, 7) is 5.40. The molecule has 1 saturated heterocycles. The van der Waals surface area contributed by atoms with Crippen molar-refractivity contribution in [3.63, 3.8) is 0 Å². The molecule has 0 aromatic heterocycles. The van der Waals surface area contributed by atoms with Crippen molar-refractivity contribution in [2.45, 2.75) is 63.9 Å². The average molecular weight is 378 g/mol. The Morgan fingerprint density at radius 3 is 2.23 bits per heavy atom. The minimum Gasteiger partial charge on any atom is -0.278 e. The molecule has 3 rings (SSSR count). The van der Waals surface area contributed by atoms with Crippen molar-refractivity contribution >= 4 is 21.8 Å². The Balaban J connectivity index is 1.86. The minimum absolute atomic E-state index is 0.106. The number of hydrogen-bond acceptors (Lipinski definition) is 4.